The summed E-state index contributed by atoms with van der Waals surface area (Å²) in [6, 6.07) is 9.14. The Bertz CT molecular complexity index is 579. The van der Waals surface area contributed by atoms with Gasteiger partial charge in [-0.25, -0.2) is 0 Å². The first kappa shape index (κ1) is 17.3. The number of benzene rings is 1. The Balaban J connectivity index is 2.41. The lowest BCUT2D eigenvalue weighted by atomic mass is 10.1. The van der Waals surface area contributed by atoms with Crippen molar-refractivity contribution in [1.82, 2.24) is 0 Å². The molecule has 6 nitrogen and oxygen atoms in total. The van der Waals surface area contributed by atoms with Gasteiger partial charge in [0.2, 0.25) is 0 Å². The standard InChI is InChI=1S/C14H18O6S/c1-11(15)13(20-21(2,17)18)8-9-14(16)19-10-12-6-4-3-5-7-12/h3-7,13H,8-10H2,1-2H3/t13-/m0/s1. The Kier molecular flexibility index (Phi) is 6.51. The van der Waals surface area contributed by atoms with Crippen LogP contribution >= 0.6 is 0 Å². The molecule has 0 bridgehead atoms. The van der Waals surface area contributed by atoms with Crippen LogP contribution in [0.25, 0.3) is 0 Å². The highest BCUT2D eigenvalue weighted by atomic mass is 32.2. The van der Waals surface area contributed by atoms with E-state index in [1.807, 2.05) is 30.3 Å². The Morgan fingerprint density at radius 3 is 2.33 bits per heavy atom. The number of carbonyl (C=O) groups is 2. The molecule has 0 heterocycles. The fourth-order valence-electron chi connectivity index (χ4n) is 1.59. The molecule has 0 radical (unpaired) electrons. The Morgan fingerprint density at radius 2 is 1.81 bits per heavy atom. The zero-order chi connectivity index (χ0) is 15.9. The van der Waals surface area contributed by atoms with Crippen molar-refractivity contribution < 1.29 is 26.9 Å². The van der Waals surface area contributed by atoms with Crippen molar-refractivity contribution in [2.75, 3.05) is 6.26 Å². The summed E-state index contributed by atoms with van der Waals surface area (Å²) < 4.78 is 31.7. The predicted octanol–water partition coefficient (Wildman–Crippen LogP) is 1.44. The molecule has 0 fully saturated rings. The van der Waals surface area contributed by atoms with Gasteiger partial charge < -0.3 is 4.74 Å². The van der Waals surface area contributed by atoms with Gasteiger partial charge in [-0.3, -0.25) is 13.8 Å². The molecular weight excluding hydrogens is 296 g/mol. The molecule has 0 unspecified atom stereocenters. The van der Waals surface area contributed by atoms with Gasteiger partial charge in [-0.2, -0.15) is 8.42 Å². The maximum atomic E-state index is 11.6. The first-order chi connectivity index (χ1) is 9.78. The van der Waals surface area contributed by atoms with E-state index in [0.717, 1.165) is 11.8 Å². The fraction of sp³-hybridized carbons (Fsp3) is 0.429. The minimum absolute atomic E-state index is 0.0317. The molecule has 7 heteroatoms. The molecule has 0 saturated carbocycles. The zero-order valence-electron chi connectivity index (χ0n) is 11.9. The third-order valence-corrected chi connectivity index (χ3v) is 3.18. The number of esters is 1. The van der Waals surface area contributed by atoms with Crippen molar-refractivity contribution in [3.05, 3.63) is 35.9 Å². The maximum absolute atomic E-state index is 11.6. The molecule has 0 N–H and O–H groups in total. The smallest absolute Gasteiger partial charge is 0.306 e. The Hall–Kier alpha value is -1.73. The van der Waals surface area contributed by atoms with Gasteiger partial charge in [0.1, 0.15) is 12.7 Å². The van der Waals surface area contributed by atoms with Crippen LogP contribution in [0.1, 0.15) is 25.3 Å². The zero-order valence-corrected chi connectivity index (χ0v) is 12.8. The minimum Gasteiger partial charge on any atom is -0.461 e. The van der Waals surface area contributed by atoms with E-state index >= 15 is 0 Å². The second-order valence-corrected chi connectivity index (χ2v) is 6.19. The van der Waals surface area contributed by atoms with E-state index < -0.39 is 28.0 Å². The van der Waals surface area contributed by atoms with Crippen LogP contribution in [0.2, 0.25) is 0 Å². The second kappa shape index (κ2) is 7.90. The molecule has 0 aliphatic carbocycles. The van der Waals surface area contributed by atoms with Crippen LogP contribution < -0.4 is 0 Å². The molecule has 1 aromatic rings. The van der Waals surface area contributed by atoms with E-state index in [1.54, 1.807) is 0 Å². The first-order valence-corrected chi connectivity index (χ1v) is 8.18. The van der Waals surface area contributed by atoms with Crippen molar-refractivity contribution in [2.45, 2.75) is 32.5 Å². The van der Waals surface area contributed by atoms with Crippen LogP contribution in [0.15, 0.2) is 30.3 Å². The predicted molar refractivity (Wildman–Crippen MR) is 75.9 cm³/mol. The number of rotatable bonds is 8. The summed E-state index contributed by atoms with van der Waals surface area (Å²) in [7, 11) is -3.74. The summed E-state index contributed by atoms with van der Waals surface area (Å²) in [5, 5.41) is 0. The van der Waals surface area contributed by atoms with E-state index in [-0.39, 0.29) is 19.4 Å². The summed E-state index contributed by atoms with van der Waals surface area (Å²) in [6.45, 7) is 1.35. The van der Waals surface area contributed by atoms with Gasteiger partial charge in [0, 0.05) is 6.42 Å². The molecule has 21 heavy (non-hydrogen) atoms. The highest BCUT2D eigenvalue weighted by Gasteiger charge is 2.21. The molecule has 1 aromatic carbocycles. The van der Waals surface area contributed by atoms with Crippen molar-refractivity contribution in [3.8, 4) is 0 Å². The van der Waals surface area contributed by atoms with Crippen LogP contribution in [0, 0.1) is 0 Å². The fourth-order valence-corrected chi connectivity index (χ4v) is 2.24. The van der Waals surface area contributed by atoms with Crippen molar-refractivity contribution in [2.24, 2.45) is 0 Å². The molecule has 116 valence electrons. The summed E-state index contributed by atoms with van der Waals surface area (Å²) in [4.78, 5) is 22.8. The van der Waals surface area contributed by atoms with Crippen molar-refractivity contribution >= 4 is 21.9 Å². The largest absolute Gasteiger partial charge is 0.461 e. The van der Waals surface area contributed by atoms with Gasteiger partial charge in [0.15, 0.2) is 5.78 Å². The number of hydrogen-bond acceptors (Lipinski definition) is 6. The molecule has 0 spiro atoms. The summed E-state index contributed by atoms with van der Waals surface area (Å²) in [6.07, 6.45) is -0.413. The molecule has 0 aliphatic rings. The van der Waals surface area contributed by atoms with Crippen LogP contribution in [-0.2, 0) is 35.2 Å². The lowest BCUT2D eigenvalue weighted by Crippen LogP contribution is -2.26. The normalized spacial score (nSPS) is 12.7. The molecule has 0 saturated heterocycles. The van der Waals surface area contributed by atoms with Gasteiger partial charge in [-0.15, -0.1) is 0 Å². The highest BCUT2D eigenvalue weighted by Crippen LogP contribution is 2.09. The van der Waals surface area contributed by atoms with Crippen molar-refractivity contribution in [3.63, 3.8) is 0 Å². The Labute approximate surface area is 124 Å². The van der Waals surface area contributed by atoms with Crippen LogP contribution in [0.3, 0.4) is 0 Å². The molecule has 0 amide bonds. The average molecular weight is 314 g/mol. The van der Waals surface area contributed by atoms with E-state index in [9.17, 15) is 18.0 Å². The average Bonchev–Trinajstić information content (AvgIpc) is 2.41. The SMILES string of the molecule is CC(=O)[C@H](CCC(=O)OCc1ccccc1)OS(C)(=O)=O. The third kappa shape index (κ3) is 7.57. The van der Waals surface area contributed by atoms with Crippen LogP contribution in [-0.4, -0.2) is 32.5 Å². The van der Waals surface area contributed by atoms with Gasteiger partial charge in [-0.1, -0.05) is 30.3 Å². The molecule has 1 rings (SSSR count). The van der Waals surface area contributed by atoms with Gasteiger partial charge in [-0.05, 0) is 18.9 Å². The number of Topliss-reactive ketones (excluding diaryl/α,β-unsaturated/α-hetero) is 1. The number of carbonyl (C=O) groups excluding carboxylic acids is 2. The molecule has 0 aliphatic heterocycles. The summed E-state index contributed by atoms with van der Waals surface area (Å²) in [5.74, 6) is -0.960. The van der Waals surface area contributed by atoms with Crippen LogP contribution in [0.5, 0.6) is 0 Å². The quantitative estimate of drug-likeness (QED) is 0.533. The van der Waals surface area contributed by atoms with E-state index in [4.69, 9.17) is 4.74 Å². The Morgan fingerprint density at radius 1 is 1.19 bits per heavy atom. The number of ether oxygens (including phenoxy) is 1. The topological polar surface area (TPSA) is 86.7 Å². The van der Waals surface area contributed by atoms with Gasteiger partial charge in [0.25, 0.3) is 10.1 Å². The lowest BCUT2D eigenvalue weighted by molar-refractivity contribution is -0.145. The molecular formula is C14H18O6S. The first-order valence-electron chi connectivity index (χ1n) is 6.36. The lowest BCUT2D eigenvalue weighted by Gasteiger charge is -2.12. The highest BCUT2D eigenvalue weighted by molar-refractivity contribution is 7.86. The monoisotopic (exact) mass is 314 g/mol. The van der Waals surface area contributed by atoms with E-state index in [0.29, 0.717) is 0 Å². The number of hydrogen-bond donors (Lipinski definition) is 0. The molecule has 0 aromatic heterocycles. The third-order valence-electron chi connectivity index (χ3n) is 2.60. The maximum Gasteiger partial charge on any atom is 0.306 e. The minimum atomic E-state index is -3.74. The van der Waals surface area contributed by atoms with Gasteiger partial charge in [0.05, 0.1) is 6.26 Å². The van der Waals surface area contributed by atoms with Gasteiger partial charge >= 0.3 is 5.97 Å². The summed E-state index contributed by atoms with van der Waals surface area (Å²) in [5.41, 5.74) is 0.848. The molecule has 1 atom stereocenters. The van der Waals surface area contributed by atoms with E-state index in [2.05, 4.69) is 4.18 Å². The summed E-state index contributed by atoms with van der Waals surface area (Å²) >= 11 is 0. The number of ketones is 1. The van der Waals surface area contributed by atoms with Crippen LogP contribution in [0.4, 0.5) is 0 Å². The van der Waals surface area contributed by atoms with E-state index in [1.165, 1.54) is 6.92 Å². The second-order valence-electron chi connectivity index (χ2n) is 4.58. The van der Waals surface area contributed by atoms with Crippen molar-refractivity contribution in [1.29, 1.82) is 0 Å².